The van der Waals surface area contributed by atoms with Crippen molar-refractivity contribution in [3.05, 3.63) is 23.8 Å². The molecule has 0 N–H and O–H groups in total. The van der Waals surface area contributed by atoms with Crippen molar-refractivity contribution in [2.75, 3.05) is 40.6 Å². The lowest BCUT2D eigenvalue weighted by atomic mass is 10.1. The van der Waals surface area contributed by atoms with Gasteiger partial charge < -0.3 is 18.9 Å². The number of hydrogen-bond acceptors (Lipinski definition) is 5. The molecule has 1 aromatic rings. The Hall–Kier alpha value is -1.59. The number of ether oxygens (including phenoxy) is 4. The molecule has 0 amide bonds. The predicted octanol–water partition coefficient (Wildman–Crippen LogP) is 2.33. The normalized spacial score (nSPS) is 10.3. The lowest BCUT2D eigenvalue weighted by Gasteiger charge is -2.11. The van der Waals surface area contributed by atoms with Gasteiger partial charge in [0.05, 0.1) is 26.9 Å². The number of benzene rings is 1. The van der Waals surface area contributed by atoms with E-state index in [1.54, 1.807) is 32.4 Å². The Labute approximate surface area is 119 Å². The molecular formula is C15H22O5. The summed E-state index contributed by atoms with van der Waals surface area (Å²) < 4.78 is 21.1. The number of hydrogen-bond donors (Lipinski definition) is 0. The quantitative estimate of drug-likeness (QED) is 0.487. The van der Waals surface area contributed by atoms with Gasteiger partial charge in [-0.1, -0.05) is 0 Å². The highest BCUT2D eigenvalue weighted by Gasteiger charge is 2.08. The van der Waals surface area contributed by atoms with Crippen molar-refractivity contribution >= 4 is 5.78 Å². The van der Waals surface area contributed by atoms with Crippen LogP contribution in [0.1, 0.15) is 23.7 Å². The van der Waals surface area contributed by atoms with E-state index >= 15 is 0 Å². The average molecular weight is 282 g/mol. The summed E-state index contributed by atoms with van der Waals surface area (Å²) in [5.41, 5.74) is 0.608. The maximum atomic E-state index is 11.3. The van der Waals surface area contributed by atoms with Crippen LogP contribution in [0.15, 0.2) is 18.2 Å². The number of rotatable bonds is 10. The Bertz CT molecular complexity index is 417. The number of carbonyl (C=O) groups excluding carboxylic acids is 1. The largest absolute Gasteiger partial charge is 0.493 e. The summed E-state index contributed by atoms with van der Waals surface area (Å²) in [6, 6.07) is 5.17. The van der Waals surface area contributed by atoms with Gasteiger partial charge in [0.2, 0.25) is 0 Å². The summed E-state index contributed by atoms with van der Waals surface area (Å²) in [7, 11) is 3.20. The standard InChI is InChI=1S/C15H22O5/c1-12(16)13-5-6-14(15(11-13)18-3)20-8-4-7-19-10-9-17-2/h5-6,11H,4,7-10H2,1-3H3. The Morgan fingerprint density at radius 2 is 1.85 bits per heavy atom. The minimum absolute atomic E-state index is 0.00129. The van der Waals surface area contributed by atoms with Crippen molar-refractivity contribution in [3.8, 4) is 11.5 Å². The first-order chi connectivity index (χ1) is 9.69. The predicted molar refractivity (Wildman–Crippen MR) is 75.8 cm³/mol. The Kier molecular flexibility index (Phi) is 7.69. The van der Waals surface area contributed by atoms with Crippen LogP contribution in [0.5, 0.6) is 11.5 Å². The number of ketones is 1. The molecule has 0 saturated carbocycles. The van der Waals surface area contributed by atoms with E-state index in [0.29, 0.717) is 43.5 Å². The molecule has 0 aliphatic heterocycles. The van der Waals surface area contributed by atoms with Crippen molar-refractivity contribution in [2.45, 2.75) is 13.3 Å². The number of methoxy groups -OCH3 is 2. The van der Waals surface area contributed by atoms with Gasteiger partial charge in [-0.3, -0.25) is 4.79 Å². The molecule has 0 aliphatic carbocycles. The van der Waals surface area contributed by atoms with E-state index in [1.807, 2.05) is 0 Å². The Morgan fingerprint density at radius 3 is 2.50 bits per heavy atom. The van der Waals surface area contributed by atoms with Crippen molar-refractivity contribution in [3.63, 3.8) is 0 Å². The number of carbonyl (C=O) groups is 1. The van der Waals surface area contributed by atoms with E-state index < -0.39 is 0 Å². The van der Waals surface area contributed by atoms with E-state index in [4.69, 9.17) is 18.9 Å². The first kappa shape index (κ1) is 16.5. The third-order valence-electron chi connectivity index (χ3n) is 2.69. The van der Waals surface area contributed by atoms with Crippen LogP contribution in [-0.2, 0) is 9.47 Å². The molecule has 0 aliphatic rings. The zero-order chi connectivity index (χ0) is 14.8. The molecule has 0 bridgehead atoms. The fourth-order valence-corrected chi connectivity index (χ4v) is 1.59. The first-order valence-corrected chi connectivity index (χ1v) is 6.57. The molecular weight excluding hydrogens is 260 g/mol. The average Bonchev–Trinajstić information content (AvgIpc) is 2.46. The molecule has 0 radical (unpaired) electrons. The molecule has 20 heavy (non-hydrogen) atoms. The Morgan fingerprint density at radius 1 is 1.05 bits per heavy atom. The van der Waals surface area contributed by atoms with Gasteiger partial charge in [-0.25, -0.2) is 0 Å². The van der Waals surface area contributed by atoms with Crippen LogP contribution in [0.2, 0.25) is 0 Å². The maximum Gasteiger partial charge on any atom is 0.161 e. The van der Waals surface area contributed by atoms with Crippen molar-refractivity contribution in [1.82, 2.24) is 0 Å². The molecule has 0 saturated heterocycles. The van der Waals surface area contributed by atoms with Crippen LogP contribution in [0.4, 0.5) is 0 Å². The van der Waals surface area contributed by atoms with E-state index in [1.165, 1.54) is 6.92 Å². The smallest absolute Gasteiger partial charge is 0.161 e. The van der Waals surface area contributed by atoms with E-state index in [0.717, 1.165) is 6.42 Å². The minimum Gasteiger partial charge on any atom is -0.493 e. The lowest BCUT2D eigenvalue weighted by Crippen LogP contribution is -2.07. The first-order valence-electron chi connectivity index (χ1n) is 6.57. The van der Waals surface area contributed by atoms with Gasteiger partial charge in [0.25, 0.3) is 0 Å². The fraction of sp³-hybridized carbons (Fsp3) is 0.533. The zero-order valence-corrected chi connectivity index (χ0v) is 12.3. The maximum absolute atomic E-state index is 11.3. The van der Waals surface area contributed by atoms with Gasteiger partial charge in [0.1, 0.15) is 0 Å². The van der Waals surface area contributed by atoms with Crippen molar-refractivity contribution < 1.29 is 23.7 Å². The van der Waals surface area contributed by atoms with Crippen molar-refractivity contribution in [2.24, 2.45) is 0 Å². The molecule has 0 unspecified atom stereocenters. The summed E-state index contributed by atoms with van der Waals surface area (Å²) in [4.78, 5) is 11.3. The molecule has 5 heteroatoms. The second-order valence-corrected chi connectivity index (χ2v) is 4.23. The minimum atomic E-state index is 0.00129. The lowest BCUT2D eigenvalue weighted by molar-refractivity contribution is 0.0643. The highest BCUT2D eigenvalue weighted by Crippen LogP contribution is 2.28. The second kappa shape index (κ2) is 9.34. The van der Waals surface area contributed by atoms with E-state index in [2.05, 4.69) is 0 Å². The highest BCUT2D eigenvalue weighted by molar-refractivity contribution is 5.94. The third-order valence-corrected chi connectivity index (χ3v) is 2.69. The molecule has 0 spiro atoms. The van der Waals surface area contributed by atoms with Gasteiger partial charge in [-0.15, -0.1) is 0 Å². The molecule has 0 fully saturated rings. The molecule has 5 nitrogen and oxygen atoms in total. The molecule has 112 valence electrons. The molecule has 0 heterocycles. The van der Waals surface area contributed by atoms with E-state index in [-0.39, 0.29) is 5.78 Å². The highest BCUT2D eigenvalue weighted by atomic mass is 16.5. The number of Topliss-reactive ketones (excluding diaryl/α,β-unsaturated/α-hetero) is 1. The van der Waals surface area contributed by atoms with Gasteiger partial charge >= 0.3 is 0 Å². The van der Waals surface area contributed by atoms with Gasteiger partial charge in [-0.2, -0.15) is 0 Å². The molecule has 1 aromatic carbocycles. The third kappa shape index (κ3) is 5.59. The van der Waals surface area contributed by atoms with E-state index in [9.17, 15) is 4.79 Å². The summed E-state index contributed by atoms with van der Waals surface area (Å²) in [5.74, 6) is 1.20. The molecule has 0 atom stereocenters. The van der Waals surface area contributed by atoms with Crippen LogP contribution in [-0.4, -0.2) is 46.4 Å². The van der Waals surface area contributed by atoms with Crippen LogP contribution < -0.4 is 9.47 Å². The second-order valence-electron chi connectivity index (χ2n) is 4.23. The zero-order valence-electron chi connectivity index (χ0n) is 12.3. The van der Waals surface area contributed by atoms with Crippen LogP contribution in [0.3, 0.4) is 0 Å². The van der Waals surface area contributed by atoms with Gasteiger partial charge in [0.15, 0.2) is 17.3 Å². The monoisotopic (exact) mass is 282 g/mol. The summed E-state index contributed by atoms with van der Waals surface area (Å²) in [6.45, 7) is 3.86. The SMILES string of the molecule is COCCOCCCOc1ccc(C(C)=O)cc1OC. The van der Waals surface area contributed by atoms with Gasteiger partial charge in [-0.05, 0) is 25.1 Å². The Balaban J connectivity index is 2.38. The summed E-state index contributed by atoms with van der Waals surface area (Å²) in [6.07, 6.45) is 0.779. The van der Waals surface area contributed by atoms with Crippen LogP contribution in [0.25, 0.3) is 0 Å². The summed E-state index contributed by atoms with van der Waals surface area (Å²) >= 11 is 0. The summed E-state index contributed by atoms with van der Waals surface area (Å²) in [5, 5.41) is 0. The van der Waals surface area contributed by atoms with Crippen molar-refractivity contribution in [1.29, 1.82) is 0 Å². The fourth-order valence-electron chi connectivity index (χ4n) is 1.59. The van der Waals surface area contributed by atoms with Gasteiger partial charge in [0, 0.05) is 25.7 Å². The van der Waals surface area contributed by atoms with Crippen LogP contribution >= 0.6 is 0 Å². The molecule has 0 aromatic heterocycles. The molecule has 1 rings (SSSR count). The topological polar surface area (TPSA) is 54.0 Å². The van der Waals surface area contributed by atoms with Crippen LogP contribution in [0, 0.1) is 0 Å².